The molecule has 0 saturated carbocycles. The van der Waals surface area contributed by atoms with Crippen LogP contribution in [0.4, 0.5) is 0 Å². The topological polar surface area (TPSA) is 23.5 Å². The number of hydrogen-bond acceptors (Lipinski definition) is 2. The molecule has 1 rings (SSSR count). The number of phenols is 1. The highest BCUT2D eigenvalue weighted by molar-refractivity contribution is 5.38. The number of phenolic OH excluding ortho intramolecular Hbond substituents is 1. The van der Waals surface area contributed by atoms with Gasteiger partial charge in [-0.3, -0.25) is 0 Å². The van der Waals surface area contributed by atoms with Crippen LogP contribution >= 0.6 is 0 Å². The first-order chi connectivity index (χ1) is 8.80. The quantitative estimate of drug-likeness (QED) is 0.831. The second-order valence-corrected chi connectivity index (χ2v) is 5.33. The van der Waals surface area contributed by atoms with Crippen LogP contribution in [-0.4, -0.2) is 24.1 Å². The van der Waals surface area contributed by atoms with Gasteiger partial charge in [-0.15, -0.1) is 0 Å². The van der Waals surface area contributed by atoms with E-state index < -0.39 is 0 Å². The molecule has 0 radical (unpaired) electrons. The van der Waals surface area contributed by atoms with Gasteiger partial charge in [0.1, 0.15) is 5.75 Å². The van der Waals surface area contributed by atoms with Gasteiger partial charge >= 0.3 is 0 Å². The van der Waals surface area contributed by atoms with Crippen molar-refractivity contribution in [1.29, 1.82) is 0 Å². The average Bonchev–Trinajstić information content (AvgIpc) is 2.35. The first-order valence-corrected chi connectivity index (χ1v) is 7.28. The molecule has 0 saturated heterocycles. The third kappa shape index (κ3) is 7.89. The molecule has 0 fully saturated rings. The van der Waals surface area contributed by atoms with Crippen molar-refractivity contribution in [2.24, 2.45) is 0 Å². The van der Waals surface area contributed by atoms with E-state index in [-0.39, 0.29) is 5.41 Å². The Balaban J connectivity index is 0. The van der Waals surface area contributed by atoms with Crippen LogP contribution in [-0.2, 0) is 12.0 Å². The predicted molar refractivity (Wildman–Crippen MR) is 86.9 cm³/mol. The maximum Gasteiger partial charge on any atom is 0.120 e. The summed E-state index contributed by atoms with van der Waals surface area (Å²) in [6.07, 6.45) is 0. The Hall–Kier alpha value is -1.02. The van der Waals surface area contributed by atoms with E-state index in [9.17, 15) is 5.11 Å². The summed E-state index contributed by atoms with van der Waals surface area (Å²) in [5, 5.41) is 9.72. The molecule has 1 aromatic carbocycles. The molecule has 0 bridgehead atoms. The number of hydrogen-bond donors (Lipinski definition) is 1. The van der Waals surface area contributed by atoms with Crippen molar-refractivity contribution < 1.29 is 5.11 Å². The molecular formula is C17H33NO. The molecule has 0 heterocycles. The summed E-state index contributed by atoms with van der Waals surface area (Å²) >= 11 is 0. The van der Waals surface area contributed by atoms with E-state index >= 15 is 0 Å². The highest BCUT2D eigenvalue weighted by Gasteiger charge is 2.15. The van der Waals surface area contributed by atoms with Crippen molar-refractivity contribution in [3.63, 3.8) is 0 Å². The third-order valence-corrected chi connectivity index (χ3v) is 2.43. The Labute approximate surface area is 120 Å². The second-order valence-electron chi connectivity index (χ2n) is 5.33. The highest BCUT2D eigenvalue weighted by atomic mass is 16.3. The lowest BCUT2D eigenvalue weighted by atomic mass is 9.86. The van der Waals surface area contributed by atoms with Crippen LogP contribution in [0.15, 0.2) is 18.2 Å². The van der Waals surface area contributed by atoms with Crippen molar-refractivity contribution in [1.82, 2.24) is 4.90 Å². The largest absolute Gasteiger partial charge is 0.508 e. The lowest BCUT2D eigenvalue weighted by Crippen LogP contribution is -2.14. The van der Waals surface area contributed by atoms with Gasteiger partial charge in [-0.05, 0) is 31.1 Å². The van der Waals surface area contributed by atoms with Crippen LogP contribution in [0.3, 0.4) is 0 Å². The van der Waals surface area contributed by atoms with Crippen molar-refractivity contribution in [3.8, 4) is 5.75 Å². The minimum Gasteiger partial charge on any atom is -0.508 e. The van der Waals surface area contributed by atoms with Gasteiger partial charge in [0, 0.05) is 12.1 Å². The van der Waals surface area contributed by atoms with E-state index in [0.717, 1.165) is 12.1 Å². The molecule has 0 atom stereocenters. The van der Waals surface area contributed by atoms with Gasteiger partial charge < -0.3 is 10.0 Å². The Morgan fingerprint density at radius 3 is 1.84 bits per heavy atom. The fourth-order valence-corrected chi connectivity index (χ4v) is 1.52. The van der Waals surface area contributed by atoms with Gasteiger partial charge in [0.2, 0.25) is 0 Å². The zero-order valence-corrected chi connectivity index (χ0v) is 14.3. The number of aromatic hydroxyl groups is 1. The number of nitrogens with zero attached hydrogens (tertiary/aromatic N) is 1. The SMILES string of the molecule is CC.CC.CN(C)Cc1cc(C(C)(C)C)ccc1O. The van der Waals surface area contributed by atoms with Crippen molar-refractivity contribution in [3.05, 3.63) is 29.3 Å². The summed E-state index contributed by atoms with van der Waals surface area (Å²) in [7, 11) is 4.01. The van der Waals surface area contributed by atoms with Gasteiger partial charge in [-0.2, -0.15) is 0 Å². The highest BCUT2D eigenvalue weighted by Crippen LogP contribution is 2.27. The third-order valence-electron chi connectivity index (χ3n) is 2.43. The molecule has 0 aromatic heterocycles. The first-order valence-electron chi connectivity index (χ1n) is 7.28. The van der Waals surface area contributed by atoms with Gasteiger partial charge in [-0.1, -0.05) is 60.6 Å². The smallest absolute Gasteiger partial charge is 0.120 e. The Morgan fingerprint density at radius 1 is 1.00 bits per heavy atom. The maximum atomic E-state index is 9.72. The molecule has 0 spiro atoms. The molecule has 0 aliphatic carbocycles. The van der Waals surface area contributed by atoms with E-state index in [1.54, 1.807) is 6.07 Å². The minimum atomic E-state index is 0.134. The van der Waals surface area contributed by atoms with Crippen molar-refractivity contribution in [2.45, 2.75) is 60.4 Å². The number of benzene rings is 1. The van der Waals surface area contributed by atoms with Crippen LogP contribution in [0.2, 0.25) is 0 Å². The standard InChI is InChI=1S/C13H21NO.2C2H6/c1-13(2,3)11-6-7-12(15)10(8-11)9-14(4)5;2*1-2/h6-8,15H,9H2,1-5H3;2*1-2H3. The summed E-state index contributed by atoms with van der Waals surface area (Å²) in [6.45, 7) is 15.3. The van der Waals surface area contributed by atoms with Crippen molar-refractivity contribution in [2.75, 3.05) is 14.1 Å². The second kappa shape index (κ2) is 9.85. The molecule has 2 heteroatoms. The zero-order valence-electron chi connectivity index (χ0n) is 14.3. The molecule has 112 valence electrons. The summed E-state index contributed by atoms with van der Waals surface area (Å²) in [4.78, 5) is 2.06. The average molecular weight is 267 g/mol. The van der Waals surface area contributed by atoms with E-state index in [2.05, 4.69) is 31.7 Å². The fraction of sp³-hybridized carbons (Fsp3) is 0.647. The monoisotopic (exact) mass is 267 g/mol. The Morgan fingerprint density at radius 2 is 1.47 bits per heavy atom. The Kier molecular flexibility index (Phi) is 10.5. The predicted octanol–water partition coefficient (Wildman–Crippen LogP) is 4.80. The summed E-state index contributed by atoms with van der Waals surface area (Å²) < 4.78 is 0. The van der Waals surface area contributed by atoms with Gasteiger partial charge in [-0.25, -0.2) is 0 Å². The molecule has 1 aromatic rings. The molecule has 0 aliphatic rings. The first kappa shape index (κ1) is 20.3. The maximum absolute atomic E-state index is 9.72. The molecular weight excluding hydrogens is 234 g/mol. The zero-order chi connectivity index (χ0) is 15.6. The van der Waals surface area contributed by atoms with Gasteiger partial charge in [0.15, 0.2) is 0 Å². The van der Waals surface area contributed by atoms with Crippen LogP contribution in [0, 0.1) is 0 Å². The van der Waals surface area contributed by atoms with Gasteiger partial charge in [0.25, 0.3) is 0 Å². The van der Waals surface area contributed by atoms with Gasteiger partial charge in [0.05, 0.1) is 0 Å². The molecule has 0 unspecified atom stereocenters. The van der Waals surface area contributed by atoms with Crippen LogP contribution in [0.1, 0.15) is 59.6 Å². The van der Waals surface area contributed by atoms with Crippen LogP contribution in [0.5, 0.6) is 5.75 Å². The molecule has 0 aliphatic heterocycles. The molecule has 0 amide bonds. The van der Waals surface area contributed by atoms with E-state index in [0.29, 0.717) is 5.75 Å². The van der Waals surface area contributed by atoms with E-state index in [4.69, 9.17) is 0 Å². The summed E-state index contributed by atoms with van der Waals surface area (Å²) in [6, 6.07) is 5.88. The van der Waals surface area contributed by atoms with Crippen LogP contribution in [0.25, 0.3) is 0 Å². The number of rotatable bonds is 2. The molecule has 19 heavy (non-hydrogen) atoms. The Bertz CT molecular complexity index is 338. The lowest BCUT2D eigenvalue weighted by molar-refractivity contribution is 0.385. The van der Waals surface area contributed by atoms with E-state index in [1.807, 2.05) is 47.9 Å². The van der Waals surface area contributed by atoms with Crippen molar-refractivity contribution >= 4 is 0 Å². The van der Waals surface area contributed by atoms with Crippen LogP contribution < -0.4 is 0 Å². The van der Waals surface area contributed by atoms with E-state index in [1.165, 1.54) is 5.56 Å². The molecule has 1 N–H and O–H groups in total. The minimum absolute atomic E-state index is 0.134. The fourth-order valence-electron chi connectivity index (χ4n) is 1.52. The normalized spacial score (nSPS) is 10.2. The molecule has 2 nitrogen and oxygen atoms in total. The summed E-state index contributed by atoms with van der Waals surface area (Å²) in [5.41, 5.74) is 2.39. The lowest BCUT2D eigenvalue weighted by Gasteiger charge is -2.21. The summed E-state index contributed by atoms with van der Waals surface area (Å²) in [5.74, 6) is 0.386.